The van der Waals surface area contributed by atoms with Crippen LogP contribution in [0.1, 0.15) is 34.7 Å². The average Bonchev–Trinajstić information content (AvgIpc) is 3.31. The number of aromatic nitrogens is 2. The molecule has 0 bridgehead atoms. The standard InChI is InChI=1S/C26H23ClN4S/c1-17-16-22(18(2)30(17)21-13-11-19(27)12-14-21)25-24(23-10-6-7-15-28-23)29-26(32)31(25)20-8-4-3-5-9-20/h3-16,24-25H,1-2H3,(H,29,32)/t24-,25-/m1/s1. The lowest BCUT2D eigenvalue weighted by molar-refractivity contribution is 0.565. The summed E-state index contributed by atoms with van der Waals surface area (Å²) >= 11 is 12.0. The van der Waals surface area contributed by atoms with Crippen molar-refractivity contribution in [2.45, 2.75) is 25.9 Å². The van der Waals surface area contributed by atoms with E-state index in [1.807, 2.05) is 48.7 Å². The van der Waals surface area contributed by atoms with E-state index in [0.29, 0.717) is 5.11 Å². The van der Waals surface area contributed by atoms with Crippen LogP contribution in [-0.4, -0.2) is 14.7 Å². The minimum absolute atomic E-state index is 0.0351. The highest BCUT2D eigenvalue weighted by Gasteiger charge is 2.42. The van der Waals surface area contributed by atoms with Gasteiger partial charge in [-0.1, -0.05) is 35.9 Å². The molecule has 0 amide bonds. The van der Waals surface area contributed by atoms with E-state index in [9.17, 15) is 0 Å². The average molecular weight is 459 g/mol. The Balaban J connectivity index is 1.67. The van der Waals surface area contributed by atoms with Crippen molar-refractivity contribution in [2.75, 3.05) is 4.90 Å². The fourth-order valence-electron chi connectivity index (χ4n) is 4.61. The number of benzene rings is 2. The number of hydrogen-bond donors (Lipinski definition) is 1. The van der Waals surface area contributed by atoms with Gasteiger partial charge in [0.25, 0.3) is 0 Å². The molecule has 0 radical (unpaired) electrons. The van der Waals surface area contributed by atoms with E-state index in [0.717, 1.165) is 27.8 Å². The molecule has 4 aromatic rings. The molecule has 160 valence electrons. The van der Waals surface area contributed by atoms with E-state index >= 15 is 0 Å². The Bertz CT molecular complexity index is 1250. The zero-order valence-corrected chi connectivity index (χ0v) is 19.4. The van der Waals surface area contributed by atoms with Crippen molar-refractivity contribution in [3.63, 3.8) is 0 Å². The molecule has 0 saturated carbocycles. The number of aryl methyl sites for hydroxylation is 1. The molecule has 3 heterocycles. The lowest BCUT2D eigenvalue weighted by Gasteiger charge is -2.28. The second kappa shape index (κ2) is 8.41. The van der Waals surface area contributed by atoms with Crippen LogP contribution in [0.25, 0.3) is 5.69 Å². The monoisotopic (exact) mass is 458 g/mol. The summed E-state index contributed by atoms with van der Waals surface area (Å²) in [6.45, 7) is 4.30. The summed E-state index contributed by atoms with van der Waals surface area (Å²) in [4.78, 5) is 6.87. The molecular formula is C26H23ClN4S. The summed E-state index contributed by atoms with van der Waals surface area (Å²) < 4.78 is 2.27. The summed E-state index contributed by atoms with van der Waals surface area (Å²) in [6.07, 6.45) is 1.83. The van der Waals surface area contributed by atoms with Gasteiger partial charge in [-0.05, 0) is 86.2 Å². The molecule has 0 unspecified atom stereocenters. The number of halogens is 1. The van der Waals surface area contributed by atoms with Gasteiger partial charge in [-0.2, -0.15) is 0 Å². The maximum Gasteiger partial charge on any atom is 0.174 e. The van der Waals surface area contributed by atoms with E-state index in [2.05, 4.69) is 70.0 Å². The van der Waals surface area contributed by atoms with Crippen LogP contribution in [-0.2, 0) is 0 Å². The van der Waals surface area contributed by atoms with Crippen molar-refractivity contribution in [2.24, 2.45) is 0 Å². The van der Waals surface area contributed by atoms with Gasteiger partial charge < -0.3 is 14.8 Å². The Kier molecular flexibility index (Phi) is 5.45. The van der Waals surface area contributed by atoms with Gasteiger partial charge in [0.05, 0.1) is 17.8 Å². The van der Waals surface area contributed by atoms with Gasteiger partial charge in [0, 0.05) is 34.0 Å². The number of nitrogens with zero attached hydrogens (tertiary/aromatic N) is 3. The highest BCUT2D eigenvalue weighted by molar-refractivity contribution is 7.80. The van der Waals surface area contributed by atoms with Gasteiger partial charge in [0.2, 0.25) is 0 Å². The molecule has 6 heteroatoms. The second-order valence-corrected chi connectivity index (χ2v) is 8.79. The quantitative estimate of drug-likeness (QED) is 0.363. The molecule has 1 saturated heterocycles. The number of para-hydroxylation sites is 1. The molecule has 2 atom stereocenters. The normalized spacial score (nSPS) is 18.1. The zero-order chi connectivity index (χ0) is 22.2. The summed E-state index contributed by atoms with van der Waals surface area (Å²) in [6, 6.07) is 26.4. The molecule has 1 aliphatic rings. The predicted molar refractivity (Wildman–Crippen MR) is 135 cm³/mol. The van der Waals surface area contributed by atoms with Gasteiger partial charge in [-0.15, -0.1) is 0 Å². The van der Waals surface area contributed by atoms with Crippen molar-refractivity contribution in [1.82, 2.24) is 14.9 Å². The van der Waals surface area contributed by atoms with Gasteiger partial charge in [0.15, 0.2) is 5.11 Å². The van der Waals surface area contributed by atoms with Gasteiger partial charge in [-0.25, -0.2) is 0 Å². The number of nitrogens with one attached hydrogen (secondary N) is 1. The number of rotatable bonds is 4. The smallest absolute Gasteiger partial charge is 0.174 e. The van der Waals surface area contributed by atoms with Crippen molar-refractivity contribution in [1.29, 1.82) is 0 Å². The van der Waals surface area contributed by atoms with Crippen molar-refractivity contribution >= 4 is 34.6 Å². The molecule has 1 N–H and O–H groups in total. The van der Waals surface area contributed by atoms with Gasteiger partial charge in [0.1, 0.15) is 0 Å². The maximum atomic E-state index is 6.13. The van der Waals surface area contributed by atoms with Gasteiger partial charge in [-0.3, -0.25) is 4.98 Å². The summed E-state index contributed by atoms with van der Waals surface area (Å²) in [5.41, 5.74) is 6.65. The van der Waals surface area contributed by atoms with Crippen LogP contribution < -0.4 is 10.2 Å². The zero-order valence-electron chi connectivity index (χ0n) is 17.9. The second-order valence-electron chi connectivity index (χ2n) is 7.97. The molecule has 2 aromatic carbocycles. The summed E-state index contributed by atoms with van der Waals surface area (Å²) in [5.74, 6) is 0. The molecule has 0 aliphatic carbocycles. The Labute approximate surface area is 198 Å². The summed E-state index contributed by atoms with van der Waals surface area (Å²) in [7, 11) is 0. The minimum atomic E-state index is -0.0666. The molecule has 1 fully saturated rings. The Morgan fingerprint density at radius 1 is 0.906 bits per heavy atom. The lowest BCUT2D eigenvalue weighted by atomic mass is 9.96. The largest absolute Gasteiger partial charge is 0.351 e. The first-order valence-electron chi connectivity index (χ1n) is 10.5. The fourth-order valence-corrected chi connectivity index (χ4v) is 5.08. The van der Waals surface area contributed by atoms with Crippen LogP contribution in [0.4, 0.5) is 5.69 Å². The van der Waals surface area contributed by atoms with E-state index in [-0.39, 0.29) is 12.1 Å². The summed E-state index contributed by atoms with van der Waals surface area (Å²) in [5, 5.41) is 4.97. The van der Waals surface area contributed by atoms with Crippen LogP contribution >= 0.6 is 23.8 Å². The first kappa shape index (κ1) is 20.7. The van der Waals surface area contributed by atoms with E-state index in [1.54, 1.807) is 0 Å². The van der Waals surface area contributed by atoms with Crippen molar-refractivity contribution in [3.8, 4) is 5.69 Å². The Morgan fingerprint density at radius 2 is 1.62 bits per heavy atom. The minimum Gasteiger partial charge on any atom is -0.351 e. The van der Waals surface area contributed by atoms with Crippen LogP contribution in [0.3, 0.4) is 0 Å². The molecule has 2 aromatic heterocycles. The van der Waals surface area contributed by atoms with Gasteiger partial charge >= 0.3 is 0 Å². The molecule has 0 spiro atoms. The highest BCUT2D eigenvalue weighted by atomic mass is 35.5. The van der Waals surface area contributed by atoms with Crippen LogP contribution in [0.2, 0.25) is 5.02 Å². The molecular weight excluding hydrogens is 436 g/mol. The topological polar surface area (TPSA) is 33.1 Å². The maximum absolute atomic E-state index is 6.13. The Morgan fingerprint density at radius 3 is 2.31 bits per heavy atom. The first-order valence-corrected chi connectivity index (χ1v) is 11.3. The van der Waals surface area contributed by atoms with E-state index in [1.165, 1.54) is 11.3 Å². The number of pyridine rings is 1. The third kappa shape index (κ3) is 3.57. The first-order chi connectivity index (χ1) is 15.5. The number of anilines is 1. The van der Waals surface area contributed by atoms with E-state index in [4.69, 9.17) is 23.8 Å². The van der Waals surface area contributed by atoms with Crippen LogP contribution in [0.15, 0.2) is 85.1 Å². The highest BCUT2D eigenvalue weighted by Crippen LogP contribution is 2.43. The van der Waals surface area contributed by atoms with Crippen LogP contribution in [0.5, 0.6) is 0 Å². The third-order valence-corrected chi connectivity index (χ3v) is 6.57. The lowest BCUT2D eigenvalue weighted by Crippen LogP contribution is -2.29. The molecule has 32 heavy (non-hydrogen) atoms. The molecule has 4 nitrogen and oxygen atoms in total. The Hall–Kier alpha value is -3.15. The predicted octanol–water partition coefficient (Wildman–Crippen LogP) is 6.32. The third-order valence-electron chi connectivity index (χ3n) is 6.01. The number of hydrogen-bond acceptors (Lipinski definition) is 2. The fraction of sp³-hybridized carbons (Fsp3) is 0.154. The molecule has 5 rings (SSSR count). The van der Waals surface area contributed by atoms with Crippen molar-refractivity contribution < 1.29 is 0 Å². The van der Waals surface area contributed by atoms with Crippen molar-refractivity contribution in [3.05, 3.63) is 113 Å². The molecule has 1 aliphatic heterocycles. The number of thiocarbonyl (C=S) groups is 1. The van der Waals surface area contributed by atoms with E-state index < -0.39 is 0 Å². The van der Waals surface area contributed by atoms with Crippen LogP contribution in [0, 0.1) is 13.8 Å². The SMILES string of the molecule is Cc1cc([C@@H]2[C@@H](c3ccccn3)NC(=S)N2c2ccccc2)c(C)n1-c1ccc(Cl)cc1.